The molecule has 4 rings (SSSR count). The van der Waals surface area contributed by atoms with Gasteiger partial charge in [-0.15, -0.1) is 0 Å². The first kappa shape index (κ1) is 16.8. The Balaban J connectivity index is 1.64. The Hall–Kier alpha value is -2.63. The lowest BCUT2D eigenvalue weighted by Crippen LogP contribution is -2.21. The number of benzene rings is 2. The molecule has 0 spiro atoms. The molecule has 0 amide bonds. The molecule has 26 heavy (non-hydrogen) atoms. The monoisotopic (exact) mass is 347 g/mol. The normalized spacial score (nSPS) is 11.6. The summed E-state index contributed by atoms with van der Waals surface area (Å²) in [6.45, 7) is 3.59. The number of H-pyrrole nitrogens is 1. The van der Waals surface area contributed by atoms with Gasteiger partial charge in [-0.3, -0.25) is 0 Å². The van der Waals surface area contributed by atoms with Gasteiger partial charge in [0.2, 0.25) is 0 Å². The number of nitrogens with one attached hydrogen (secondary N) is 3. The van der Waals surface area contributed by atoms with Gasteiger partial charge in [0.15, 0.2) is 0 Å². The number of aromatic amines is 1. The van der Waals surface area contributed by atoms with E-state index in [0.29, 0.717) is 0 Å². The van der Waals surface area contributed by atoms with Crippen LogP contribution in [0.5, 0.6) is 0 Å². The second kappa shape index (κ2) is 7.72. The second-order valence-electron chi connectivity index (χ2n) is 6.57. The minimum absolute atomic E-state index is 0.741. The largest absolute Gasteiger partial charge is 0.369 e. The fourth-order valence-corrected chi connectivity index (χ4v) is 3.45. The van der Waals surface area contributed by atoms with Crippen LogP contribution in [-0.4, -0.2) is 36.1 Å². The van der Waals surface area contributed by atoms with E-state index >= 15 is 0 Å². The number of pyridine rings is 1. The van der Waals surface area contributed by atoms with Crippen molar-refractivity contribution < 1.29 is 0 Å². The Labute approximate surface area is 153 Å². The van der Waals surface area contributed by atoms with Crippen LogP contribution in [0.25, 0.3) is 32.7 Å². The van der Waals surface area contributed by atoms with Crippen molar-refractivity contribution in [1.82, 2.24) is 15.3 Å². The predicted octanol–water partition coefficient (Wildman–Crippen LogP) is 3.61. The Morgan fingerprint density at radius 2 is 1.65 bits per heavy atom. The molecule has 0 saturated carbocycles. The molecule has 2 aromatic heterocycles. The van der Waals surface area contributed by atoms with Crippen molar-refractivity contribution in [1.29, 1.82) is 0 Å². The molecule has 0 aliphatic rings. The molecule has 0 atom stereocenters. The van der Waals surface area contributed by atoms with Crippen molar-refractivity contribution in [2.75, 3.05) is 31.5 Å². The summed E-state index contributed by atoms with van der Waals surface area (Å²) in [6, 6.07) is 16.7. The first-order valence-corrected chi connectivity index (χ1v) is 9.32. The number of anilines is 1. The summed E-state index contributed by atoms with van der Waals surface area (Å²) in [5, 5.41) is 10.5. The Kier molecular flexibility index (Phi) is 5.00. The van der Waals surface area contributed by atoms with Gasteiger partial charge >= 0.3 is 0 Å². The maximum Gasteiger partial charge on any atom is 0.136 e. The maximum absolute atomic E-state index is 5.52. The average Bonchev–Trinajstić information content (AvgIpc) is 3.07. The van der Waals surface area contributed by atoms with Crippen LogP contribution in [0.15, 0.2) is 48.5 Å². The van der Waals surface area contributed by atoms with Crippen molar-refractivity contribution in [3.8, 4) is 0 Å². The molecule has 5 nitrogen and oxygen atoms in total. The van der Waals surface area contributed by atoms with Crippen molar-refractivity contribution in [2.24, 2.45) is 5.73 Å². The standard InChI is InChI=1S/C21H25N5/c22-11-5-12-23-13-6-14-24-21-19-15-7-1-3-9-17(15)25-20(19)16-8-2-4-10-18(16)26-21/h1-4,7-10,23,25H,5-6,11-14,22H2,(H,24,26). The number of rotatable bonds is 8. The minimum atomic E-state index is 0.741. The lowest BCUT2D eigenvalue weighted by atomic mass is 10.1. The van der Waals surface area contributed by atoms with E-state index in [2.05, 4.69) is 58.1 Å². The molecule has 134 valence electrons. The highest BCUT2D eigenvalue weighted by molar-refractivity contribution is 6.20. The molecule has 4 aromatic rings. The van der Waals surface area contributed by atoms with E-state index in [0.717, 1.165) is 66.8 Å². The summed E-state index contributed by atoms with van der Waals surface area (Å²) in [4.78, 5) is 8.49. The minimum Gasteiger partial charge on any atom is -0.369 e. The van der Waals surface area contributed by atoms with Gasteiger partial charge in [-0.05, 0) is 44.6 Å². The number of fused-ring (bicyclic) bond motifs is 5. The Bertz CT molecular complexity index is 1020. The van der Waals surface area contributed by atoms with Gasteiger partial charge in [0, 0.05) is 22.8 Å². The summed E-state index contributed by atoms with van der Waals surface area (Å²) in [7, 11) is 0. The zero-order chi connectivity index (χ0) is 17.8. The lowest BCUT2D eigenvalue weighted by molar-refractivity contribution is 0.637. The topological polar surface area (TPSA) is 78.8 Å². The lowest BCUT2D eigenvalue weighted by Gasteiger charge is -2.10. The molecule has 5 heteroatoms. The first-order chi connectivity index (χ1) is 12.9. The molecule has 0 radical (unpaired) electrons. The molecule has 0 unspecified atom stereocenters. The first-order valence-electron chi connectivity index (χ1n) is 9.32. The third-order valence-electron chi connectivity index (χ3n) is 4.73. The van der Waals surface area contributed by atoms with Crippen LogP contribution in [0.1, 0.15) is 12.8 Å². The molecular weight excluding hydrogens is 322 g/mol. The molecular formula is C21H25N5. The molecule has 2 aromatic carbocycles. The van der Waals surface area contributed by atoms with Crippen LogP contribution in [0.4, 0.5) is 5.82 Å². The number of hydrogen-bond acceptors (Lipinski definition) is 4. The van der Waals surface area contributed by atoms with Crippen molar-refractivity contribution in [3.05, 3.63) is 48.5 Å². The van der Waals surface area contributed by atoms with Crippen LogP contribution in [0.3, 0.4) is 0 Å². The smallest absolute Gasteiger partial charge is 0.136 e. The maximum atomic E-state index is 5.52. The quantitative estimate of drug-likeness (QED) is 0.367. The van der Waals surface area contributed by atoms with Gasteiger partial charge in [-0.25, -0.2) is 4.98 Å². The van der Waals surface area contributed by atoms with Gasteiger partial charge in [0.05, 0.1) is 16.4 Å². The zero-order valence-corrected chi connectivity index (χ0v) is 14.9. The van der Waals surface area contributed by atoms with E-state index in [-0.39, 0.29) is 0 Å². The third kappa shape index (κ3) is 3.23. The van der Waals surface area contributed by atoms with E-state index in [1.54, 1.807) is 0 Å². The van der Waals surface area contributed by atoms with Crippen molar-refractivity contribution >= 4 is 38.5 Å². The summed E-state index contributed by atoms with van der Waals surface area (Å²) < 4.78 is 0. The highest BCUT2D eigenvalue weighted by atomic mass is 15.0. The Morgan fingerprint density at radius 1 is 0.885 bits per heavy atom. The number of para-hydroxylation sites is 2. The molecule has 0 saturated heterocycles. The van der Waals surface area contributed by atoms with Crippen LogP contribution >= 0.6 is 0 Å². The molecule has 0 aliphatic heterocycles. The summed E-state index contributed by atoms with van der Waals surface area (Å²) in [6.07, 6.45) is 2.07. The van der Waals surface area contributed by atoms with Gasteiger partial charge < -0.3 is 21.4 Å². The second-order valence-corrected chi connectivity index (χ2v) is 6.57. The number of nitrogens with two attached hydrogens (primary N) is 1. The third-order valence-corrected chi connectivity index (χ3v) is 4.73. The molecule has 0 bridgehead atoms. The van der Waals surface area contributed by atoms with Gasteiger partial charge in [0.1, 0.15) is 5.82 Å². The average molecular weight is 347 g/mol. The number of hydrogen-bond donors (Lipinski definition) is 4. The summed E-state index contributed by atoms with van der Waals surface area (Å²) in [5.74, 6) is 0.957. The summed E-state index contributed by atoms with van der Waals surface area (Å²) >= 11 is 0. The Morgan fingerprint density at radius 3 is 2.54 bits per heavy atom. The van der Waals surface area contributed by atoms with Crippen LogP contribution in [0, 0.1) is 0 Å². The molecule has 2 heterocycles. The molecule has 0 aliphatic carbocycles. The number of aromatic nitrogens is 2. The van der Waals surface area contributed by atoms with E-state index in [9.17, 15) is 0 Å². The van der Waals surface area contributed by atoms with Gasteiger partial charge in [-0.1, -0.05) is 36.4 Å². The SMILES string of the molecule is NCCCNCCCNc1nc2ccccc2c2[nH]c3ccccc3c12. The fraction of sp³-hybridized carbons (Fsp3) is 0.286. The highest BCUT2D eigenvalue weighted by Gasteiger charge is 2.13. The van der Waals surface area contributed by atoms with Crippen molar-refractivity contribution in [2.45, 2.75) is 12.8 Å². The van der Waals surface area contributed by atoms with E-state index in [4.69, 9.17) is 10.7 Å². The van der Waals surface area contributed by atoms with Crippen molar-refractivity contribution in [3.63, 3.8) is 0 Å². The fourth-order valence-electron chi connectivity index (χ4n) is 3.45. The van der Waals surface area contributed by atoms with Crippen LogP contribution < -0.4 is 16.4 Å². The van der Waals surface area contributed by atoms with E-state index in [1.807, 2.05) is 6.07 Å². The summed E-state index contributed by atoms with van der Waals surface area (Å²) in [5.41, 5.74) is 8.82. The van der Waals surface area contributed by atoms with E-state index in [1.165, 1.54) is 10.8 Å². The van der Waals surface area contributed by atoms with Crippen LogP contribution in [0.2, 0.25) is 0 Å². The zero-order valence-electron chi connectivity index (χ0n) is 14.9. The predicted molar refractivity (Wildman–Crippen MR) is 111 cm³/mol. The van der Waals surface area contributed by atoms with E-state index < -0.39 is 0 Å². The van der Waals surface area contributed by atoms with Gasteiger partial charge in [-0.2, -0.15) is 0 Å². The van der Waals surface area contributed by atoms with Crippen LogP contribution in [-0.2, 0) is 0 Å². The molecule has 5 N–H and O–H groups in total. The van der Waals surface area contributed by atoms with Gasteiger partial charge in [0.25, 0.3) is 0 Å². The molecule has 0 fully saturated rings. The highest BCUT2D eigenvalue weighted by Crippen LogP contribution is 2.34. The number of nitrogens with zero attached hydrogens (tertiary/aromatic N) is 1.